The van der Waals surface area contributed by atoms with Gasteiger partial charge in [0.05, 0.1) is 0 Å². The quantitative estimate of drug-likeness (QED) is 0.407. The van der Waals surface area contributed by atoms with Crippen LogP contribution in [0.25, 0.3) is 0 Å². The van der Waals surface area contributed by atoms with Gasteiger partial charge in [-0.1, -0.05) is 0 Å². The van der Waals surface area contributed by atoms with Crippen molar-refractivity contribution < 1.29 is 36.0 Å². The van der Waals surface area contributed by atoms with Gasteiger partial charge in [0.15, 0.2) is 0 Å². The molecule has 0 aliphatic rings. The van der Waals surface area contributed by atoms with Crippen LogP contribution in [-0.2, 0) is 36.0 Å². The van der Waals surface area contributed by atoms with Crippen molar-refractivity contribution in [2.75, 3.05) is 13.7 Å². The first-order chi connectivity index (χ1) is 5.68. The summed E-state index contributed by atoms with van der Waals surface area (Å²) in [5.74, 6) is -0.294. The summed E-state index contributed by atoms with van der Waals surface area (Å²) in [6, 6.07) is 0. The molecule has 4 heteroatoms. The number of carbonyl (C=O) groups is 1. The van der Waals surface area contributed by atoms with E-state index in [4.69, 9.17) is 7.55 Å². The van der Waals surface area contributed by atoms with E-state index in [-0.39, 0.29) is 5.97 Å². The van der Waals surface area contributed by atoms with E-state index in [1.807, 2.05) is 0 Å². The molecule has 0 bridgehead atoms. The summed E-state index contributed by atoms with van der Waals surface area (Å²) in [7, 11) is 1.73. The van der Waals surface area contributed by atoms with Crippen LogP contribution in [0.5, 0.6) is 0 Å². The van der Waals surface area contributed by atoms with Crippen molar-refractivity contribution in [3.63, 3.8) is 0 Å². The van der Waals surface area contributed by atoms with Crippen LogP contribution in [0.3, 0.4) is 0 Å². The normalized spacial score (nSPS) is 9.17. The molecule has 0 atom stereocenters. The van der Waals surface area contributed by atoms with Crippen LogP contribution in [0.2, 0.25) is 4.13 Å². The van der Waals surface area contributed by atoms with Gasteiger partial charge in [-0.15, -0.1) is 0 Å². The minimum atomic E-state index is -0.596. The van der Waals surface area contributed by atoms with Crippen LogP contribution in [0, 0.1) is 0 Å². The van der Waals surface area contributed by atoms with Gasteiger partial charge in [-0.05, 0) is 0 Å². The number of ether oxygens (including phenoxy) is 1. The molecule has 0 N–H and O–H groups in total. The third-order valence-electron chi connectivity index (χ3n) is 1.15. The van der Waals surface area contributed by atoms with Crippen LogP contribution in [0.1, 0.15) is 13.3 Å². The topological polar surface area (TPSA) is 35.5 Å². The zero-order valence-electron chi connectivity index (χ0n) is 7.55. The Morgan fingerprint density at radius 1 is 1.58 bits per heavy atom. The second kappa shape index (κ2) is 7.69. The Morgan fingerprint density at radius 3 is 2.75 bits per heavy atom. The molecule has 0 saturated carbocycles. The molecule has 0 amide bonds. The molecule has 0 aliphatic carbocycles. The third kappa shape index (κ3) is 6.74. The Kier molecular flexibility index (Phi) is 7.72. The van der Waals surface area contributed by atoms with E-state index < -0.39 is 23.7 Å². The van der Waals surface area contributed by atoms with Gasteiger partial charge in [-0.25, -0.2) is 0 Å². The number of hydrogen-bond donors (Lipinski definition) is 0. The summed E-state index contributed by atoms with van der Waals surface area (Å²) in [6.07, 6.45) is 0.916. The number of rotatable bonds is 6. The minimum absolute atomic E-state index is 0.294. The van der Waals surface area contributed by atoms with Crippen molar-refractivity contribution in [3.05, 3.63) is 12.2 Å². The Hall–Kier alpha value is 0.0531. The molecule has 0 saturated heterocycles. The molecule has 0 aromatic rings. The van der Waals surface area contributed by atoms with E-state index in [9.17, 15) is 4.79 Å². The van der Waals surface area contributed by atoms with Gasteiger partial charge in [0.25, 0.3) is 0 Å². The molecule has 0 heterocycles. The molecule has 12 heavy (non-hydrogen) atoms. The van der Waals surface area contributed by atoms with Gasteiger partial charge in [0.2, 0.25) is 0 Å². The molecule has 68 valence electrons. The molecule has 3 nitrogen and oxygen atoms in total. The monoisotopic (exact) mass is 248 g/mol. The standard InChI is InChI=1S/C7H11O2.CH3O.Zr/c1-4-5-9-7(8)6(2)3;1-2;/h1-2,4-5H2,3H3;1H3;/q;-1;+1. The van der Waals surface area contributed by atoms with E-state index >= 15 is 0 Å². The summed E-state index contributed by atoms with van der Waals surface area (Å²) in [5.41, 5.74) is 0.460. The SMILES string of the molecule is C=C(C)C(=O)OCC[CH2][Zr][O]C. The molecule has 0 rings (SSSR count). The maximum absolute atomic E-state index is 10.8. The van der Waals surface area contributed by atoms with Gasteiger partial charge in [0, 0.05) is 0 Å². The molecule has 0 spiro atoms. The third-order valence-corrected chi connectivity index (χ3v) is 3.23. The fraction of sp³-hybridized carbons (Fsp3) is 0.625. The fourth-order valence-electron chi connectivity index (χ4n) is 0.534. The predicted octanol–water partition coefficient (Wildman–Crippen LogP) is 1.56. The average Bonchev–Trinajstić information content (AvgIpc) is 2.03. The number of carbonyl (C=O) groups excluding carboxylic acids is 1. The van der Waals surface area contributed by atoms with E-state index in [2.05, 4.69) is 6.58 Å². The van der Waals surface area contributed by atoms with Crippen molar-refractivity contribution >= 4 is 5.97 Å². The van der Waals surface area contributed by atoms with Gasteiger partial charge >= 0.3 is 85.3 Å². The van der Waals surface area contributed by atoms with E-state index in [0.717, 1.165) is 10.5 Å². The molecule has 0 radical (unpaired) electrons. The maximum atomic E-state index is 10.8. The Labute approximate surface area is 85.3 Å². The van der Waals surface area contributed by atoms with Crippen LogP contribution in [0.4, 0.5) is 0 Å². The zero-order valence-corrected chi connectivity index (χ0v) is 10.0. The van der Waals surface area contributed by atoms with E-state index in [1.54, 1.807) is 14.0 Å². The second-order valence-corrected chi connectivity index (χ2v) is 5.31. The van der Waals surface area contributed by atoms with E-state index in [1.165, 1.54) is 0 Å². The molecule has 0 aliphatic heterocycles. The number of hydrogen-bond acceptors (Lipinski definition) is 3. The van der Waals surface area contributed by atoms with Crippen LogP contribution < -0.4 is 0 Å². The van der Waals surface area contributed by atoms with E-state index in [0.29, 0.717) is 12.2 Å². The summed E-state index contributed by atoms with van der Waals surface area (Å²) < 4.78 is 11.0. The Morgan fingerprint density at radius 2 is 2.25 bits per heavy atom. The molecule has 0 fully saturated rings. The van der Waals surface area contributed by atoms with Crippen LogP contribution in [0.15, 0.2) is 12.2 Å². The molecular formula is C8H14O3Zr. The van der Waals surface area contributed by atoms with Gasteiger partial charge in [-0.2, -0.15) is 0 Å². The van der Waals surface area contributed by atoms with Gasteiger partial charge in [-0.3, -0.25) is 0 Å². The molecule has 0 aromatic heterocycles. The number of esters is 1. The first-order valence-electron chi connectivity index (χ1n) is 3.77. The van der Waals surface area contributed by atoms with Crippen molar-refractivity contribution in [1.29, 1.82) is 0 Å². The molecule has 0 unspecified atom stereocenters. The van der Waals surface area contributed by atoms with Crippen molar-refractivity contribution in [2.24, 2.45) is 0 Å². The summed E-state index contributed by atoms with van der Waals surface area (Å²) in [5, 5.41) is 0. The first kappa shape index (κ1) is 12.1. The van der Waals surface area contributed by atoms with Crippen molar-refractivity contribution in [3.8, 4) is 0 Å². The van der Waals surface area contributed by atoms with Crippen LogP contribution in [-0.4, -0.2) is 19.7 Å². The first-order valence-corrected chi connectivity index (χ1v) is 6.51. The van der Waals surface area contributed by atoms with Crippen molar-refractivity contribution in [1.82, 2.24) is 0 Å². The Bertz CT molecular complexity index is 156. The predicted molar refractivity (Wildman–Crippen MR) is 42.2 cm³/mol. The average molecular weight is 249 g/mol. The molecule has 0 aromatic carbocycles. The van der Waals surface area contributed by atoms with Gasteiger partial charge < -0.3 is 0 Å². The summed E-state index contributed by atoms with van der Waals surface area (Å²) in [6.45, 7) is 5.62. The second-order valence-electron chi connectivity index (χ2n) is 2.37. The fourth-order valence-corrected chi connectivity index (χ4v) is 1.75. The Balaban J connectivity index is 3.20. The van der Waals surface area contributed by atoms with Crippen LogP contribution >= 0.6 is 0 Å². The zero-order chi connectivity index (χ0) is 9.40. The van der Waals surface area contributed by atoms with Crippen molar-refractivity contribution in [2.45, 2.75) is 17.5 Å². The van der Waals surface area contributed by atoms with Gasteiger partial charge in [0.1, 0.15) is 0 Å². The summed E-state index contributed by atoms with van der Waals surface area (Å²) >= 11 is -0.596. The summed E-state index contributed by atoms with van der Waals surface area (Å²) in [4.78, 5) is 10.8. The molecular weight excluding hydrogens is 235 g/mol.